The van der Waals surface area contributed by atoms with Crippen molar-refractivity contribution in [3.8, 4) is 17.2 Å². The zero-order chi connectivity index (χ0) is 15.0. The van der Waals surface area contributed by atoms with Gasteiger partial charge in [-0.15, -0.1) is 0 Å². The van der Waals surface area contributed by atoms with Crippen molar-refractivity contribution >= 4 is 0 Å². The molecule has 1 unspecified atom stereocenters. The summed E-state index contributed by atoms with van der Waals surface area (Å²) in [5.41, 5.74) is 4.92. The summed E-state index contributed by atoms with van der Waals surface area (Å²) in [6.07, 6.45) is 0. The molecule has 0 N–H and O–H groups in total. The van der Waals surface area contributed by atoms with Gasteiger partial charge in [-0.2, -0.15) is 0 Å². The van der Waals surface area contributed by atoms with E-state index < -0.39 is 0 Å². The van der Waals surface area contributed by atoms with Crippen molar-refractivity contribution in [1.82, 2.24) is 0 Å². The predicted octanol–water partition coefficient (Wildman–Crippen LogP) is 3.84. The average Bonchev–Trinajstić information content (AvgIpc) is 2.90. The zero-order valence-corrected chi connectivity index (χ0v) is 12.9. The van der Waals surface area contributed by atoms with Crippen LogP contribution in [0.1, 0.15) is 28.2 Å². The molecule has 1 heterocycles. The third kappa shape index (κ3) is 2.33. The van der Waals surface area contributed by atoms with Crippen LogP contribution in [0.3, 0.4) is 0 Å². The number of ether oxygens (including phenoxy) is 3. The Morgan fingerprint density at radius 3 is 2.48 bits per heavy atom. The fourth-order valence-corrected chi connectivity index (χ4v) is 3.05. The second kappa shape index (κ2) is 5.32. The van der Waals surface area contributed by atoms with E-state index in [9.17, 15) is 0 Å². The van der Waals surface area contributed by atoms with Gasteiger partial charge in [-0.05, 0) is 37.1 Å². The summed E-state index contributed by atoms with van der Waals surface area (Å²) in [6, 6.07) is 10.5. The van der Waals surface area contributed by atoms with Gasteiger partial charge in [0.1, 0.15) is 5.75 Å². The van der Waals surface area contributed by atoms with Gasteiger partial charge in [0.05, 0.1) is 20.8 Å². The lowest BCUT2D eigenvalue weighted by atomic mass is 9.91. The van der Waals surface area contributed by atoms with E-state index in [1.807, 2.05) is 12.1 Å². The van der Waals surface area contributed by atoms with Crippen molar-refractivity contribution in [1.29, 1.82) is 0 Å². The van der Waals surface area contributed by atoms with E-state index in [4.69, 9.17) is 14.2 Å². The molecule has 1 aliphatic rings. The van der Waals surface area contributed by atoms with Crippen LogP contribution in [0, 0.1) is 13.8 Å². The van der Waals surface area contributed by atoms with E-state index in [0.29, 0.717) is 6.61 Å². The highest BCUT2D eigenvalue weighted by atomic mass is 16.5. The van der Waals surface area contributed by atoms with Crippen molar-refractivity contribution in [3.63, 3.8) is 0 Å². The number of fused-ring (bicyclic) bond motifs is 1. The van der Waals surface area contributed by atoms with Crippen molar-refractivity contribution < 1.29 is 14.2 Å². The first-order chi connectivity index (χ1) is 10.1. The summed E-state index contributed by atoms with van der Waals surface area (Å²) in [5.74, 6) is 2.78. The van der Waals surface area contributed by atoms with Crippen LogP contribution in [0.15, 0.2) is 30.3 Å². The van der Waals surface area contributed by atoms with Gasteiger partial charge < -0.3 is 14.2 Å². The van der Waals surface area contributed by atoms with Crippen molar-refractivity contribution in [2.45, 2.75) is 19.8 Å². The van der Waals surface area contributed by atoms with Crippen LogP contribution in [-0.4, -0.2) is 20.8 Å². The Balaban J connectivity index is 2.05. The molecule has 0 spiro atoms. The summed E-state index contributed by atoms with van der Waals surface area (Å²) in [5, 5.41) is 0. The minimum atomic E-state index is 0.249. The fraction of sp³-hybridized carbons (Fsp3) is 0.333. The maximum Gasteiger partial charge on any atom is 0.161 e. The molecule has 0 amide bonds. The minimum Gasteiger partial charge on any atom is -0.493 e. The molecule has 0 fully saturated rings. The molecule has 110 valence electrons. The number of hydrogen-bond acceptors (Lipinski definition) is 3. The van der Waals surface area contributed by atoms with Crippen LogP contribution in [0.2, 0.25) is 0 Å². The van der Waals surface area contributed by atoms with E-state index in [2.05, 4.69) is 32.0 Å². The molecule has 1 aliphatic heterocycles. The second-order valence-corrected chi connectivity index (χ2v) is 5.48. The standard InChI is InChI=1S/C18H20O3/c1-11-7-12(2)18-14(8-11)15(10-21-18)13-5-6-16(19-3)17(9-13)20-4/h5-9,15H,10H2,1-4H3. The normalized spacial score (nSPS) is 16.3. The van der Waals surface area contributed by atoms with E-state index in [1.54, 1.807) is 14.2 Å². The molecular formula is C18H20O3. The smallest absolute Gasteiger partial charge is 0.161 e. The van der Waals surface area contributed by atoms with Crippen LogP contribution in [0.4, 0.5) is 0 Å². The molecule has 3 rings (SSSR count). The summed E-state index contributed by atoms with van der Waals surface area (Å²) >= 11 is 0. The molecule has 0 bridgehead atoms. The Bertz CT molecular complexity index is 676. The van der Waals surface area contributed by atoms with Crippen LogP contribution < -0.4 is 14.2 Å². The molecule has 1 atom stereocenters. The van der Waals surface area contributed by atoms with Crippen LogP contribution >= 0.6 is 0 Å². The molecule has 3 heteroatoms. The summed E-state index contributed by atoms with van der Waals surface area (Å²) < 4.78 is 16.6. The summed E-state index contributed by atoms with van der Waals surface area (Å²) in [4.78, 5) is 0. The Labute approximate surface area is 125 Å². The third-order valence-corrected chi connectivity index (χ3v) is 4.03. The predicted molar refractivity (Wildman–Crippen MR) is 82.8 cm³/mol. The number of methoxy groups -OCH3 is 2. The van der Waals surface area contributed by atoms with Gasteiger partial charge in [-0.3, -0.25) is 0 Å². The SMILES string of the molecule is COc1ccc(C2COc3c(C)cc(C)cc32)cc1OC. The molecule has 2 aromatic carbocycles. The lowest BCUT2D eigenvalue weighted by molar-refractivity contribution is 0.338. The van der Waals surface area contributed by atoms with Gasteiger partial charge in [-0.1, -0.05) is 23.8 Å². The van der Waals surface area contributed by atoms with Gasteiger partial charge in [0, 0.05) is 11.5 Å². The molecule has 0 saturated heterocycles. The number of rotatable bonds is 3. The van der Waals surface area contributed by atoms with Gasteiger partial charge in [0.2, 0.25) is 0 Å². The molecule has 0 radical (unpaired) electrons. The van der Waals surface area contributed by atoms with Crippen LogP contribution in [-0.2, 0) is 0 Å². The lowest BCUT2D eigenvalue weighted by Gasteiger charge is -2.14. The Morgan fingerprint density at radius 2 is 1.76 bits per heavy atom. The van der Waals surface area contributed by atoms with E-state index in [0.717, 1.165) is 17.2 Å². The van der Waals surface area contributed by atoms with Gasteiger partial charge in [-0.25, -0.2) is 0 Å². The van der Waals surface area contributed by atoms with E-state index in [-0.39, 0.29) is 5.92 Å². The maximum atomic E-state index is 5.91. The maximum absolute atomic E-state index is 5.91. The molecule has 21 heavy (non-hydrogen) atoms. The Hall–Kier alpha value is -2.16. The first-order valence-corrected chi connectivity index (χ1v) is 7.10. The van der Waals surface area contributed by atoms with Gasteiger partial charge in [0.15, 0.2) is 11.5 Å². The monoisotopic (exact) mass is 284 g/mol. The van der Waals surface area contributed by atoms with Gasteiger partial charge in [0.25, 0.3) is 0 Å². The first kappa shape index (κ1) is 13.8. The van der Waals surface area contributed by atoms with E-state index in [1.165, 1.54) is 22.3 Å². The van der Waals surface area contributed by atoms with Crippen LogP contribution in [0.5, 0.6) is 17.2 Å². The van der Waals surface area contributed by atoms with Crippen molar-refractivity contribution in [2.24, 2.45) is 0 Å². The van der Waals surface area contributed by atoms with Crippen LogP contribution in [0.25, 0.3) is 0 Å². The molecule has 2 aromatic rings. The topological polar surface area (TPSA) is 27.7 Å². The highest BCUT2D eigenvalue weighted by molar-refractivity contribution is 5.54. The number of aryl methyl sites for hydroxylation is 2. The lowest BCUT2D eigenvalue weighted by Crippen LogP contribution is -2.03. The first-order valence-electron chi connectivity index (χ1n) is 7.10. The second-order valence-electron chi connectivity index (χ2n) is 5.48. The van der Waals surface area contributed by atoms with E-state index >= 15 is 0 Å². The Morgan fingerprint density at radius 1 is 1.00 bits per heavy atom. The molecule has 3 nitrogen and oxygen atoms in total. The largest absolute Gasteiger partial charge is 0.493 e. The highest BCUT2D eigenvalue weighted by Gasteiger charge is 2.28. The third-order valence-electron chi connectivity index (χ3n) is 4.03. The molecule has 0 saturated carbocycles. The molecular weight excluding hydrogens is 264 g/mol. The molecule has 0 aliphatic carbocycles. The van der Waals surface area contributed by atoms with Crippen molar-refractivity contribution in [3.05, 3.63) is 52.6 Å². The highest BCUT2D eigenvalue weighted by Crippen LogP contribution is 2.42. The fourth-order valence-electron chi connectivity index (χ4n) is 3.05. The number of hydrogen-bond donors (Lipinski definition) is 0. The number of benzene rings is 2. The zero-order valence-electron chi connectivity index (χ0n) is 12.9. The molecule has 0 aromatic heterocycles. The van der Waals surface area contributed by atoms with Crippen molar-refractivity contribution in [2.75, 3.05) is 20.8 Å². The van der Waals surface area contributed by atoms with Gasteiger partial charge >= 0.3 is 0 Å². The minimum absolute atomic E-state index is 0.249. The average molecular weight is 284 g/mol. The Kier molecular flexibility index (Phi) is 3.50. The summed E-state index contributed by atoms with van der Waals surface area (Å²) in [7, 11) is 3.31. The quantitative estimate of drug-likeness (QED) is 0.857. The summed E-state index contributed by atoms with van der Waals surface area (Å²) in [6.45, 7) is 4.90.